The van der Waals surface area contributed by atoms with Gasteiger partial charge in [0.25, 0.3) is 5.91 Å². The third-order valence-corrected chi connectivity index (χ3v) is 3.49. The van der Waals surface area contributed by atoms with Gasteiger partial charge in [-0.05, 0) is 38.1 Å². The smallest absolute Gasteiger partial charge is 0.251 e. The highest BCUT2D eigenvalue weighted by molar-refractivity contribution is 5.97. The molecule has 3 aromatic heterocycles. The molecule has 1 amide bonds. The number of pyridine rings is 2. The Balaban J connectivity index is 2.06. The summed E-state index contributed by atoms with van der Waals surface area (Å²) in [7, 11) is 1.96. The fourth-order valence-electron chi connectivity index (χ4n) is 2.45. The Hall–Kier alpha value is -2.69. The number of fused-ring (bicyclic) bond motifs is 1. The number of aryl methyl sites for hydroxylation is 1. The summed E-state index contributed by atoms with van der Waals surface area (Å²) in [6.07, 6.45) is 5.40. The fraction of sp³-hybridized carbons (Fsp3) is 0.235. The highest BCUT2D eigenvalue weighted by Gasteiger charge is 2.12. The molecule has 3 heterocycles. The second kappa shape index (κ2) is 5.60. The first-order chi connectivity index (χ1) is 10.6. The SMILES string of the molecule is CC(C)NC(=O)c1ccnc(-c2ccnc3c2ccn3C)c1. The van der Waals surface area contributed by atoms with E-state index in [2.05, 4.69) is 15.3 Å². The average Bonchev–Trinajstić information content (AvgIpc) is 2.88. The summed E-state index contributed by atoms with van der Waals surface area (Å²) in [4.78, 5) is 20.9. The second-order valence-corrected chi connectivity index (χ2v) is 5.58. The maximum atomic E-state index is 12.2. The Morgan fingerprint density at radius 2 is 1.95 bits per heavy atom. The molecule has 5 nitrogen and oxygen atoms in total. The van der Waals surface area contributed by atoms with E-state index in [1.54, 1.807) is 18.5 Å². The minimum atomic E-state index is -0.0861. The van der Waals surface area contributed by atoms with Crippen molar-refractivity contribution in [2.24, 2.45) is 7.05 Å². The van der Waals surface area contributed by atoms with Crippen molar-refractivity contribution in [3.63, 3.8) is 0 Å². The monoisotopic (exact) mass is 294 g/mol. The molecular formula is C17H18N4O. The van der Waals surface area contributed by atoms with Crippen molar-refractivity contribution >= 4 is 16.9 Å². The van der Waals surface area contributed by atoms with Gasteiger partial charge in [-0.2, -0.15) is 0 Å². The standard InChI is InChI=1S/C17H18N4O/c1-11(2)20-17(22)12-4-7-18-15(10-12)13-5-8-19-16-14(13)6-9-21(16)3/h4-11H,1-3H3,(H,20,22). The summed E-state index contributed by atoms with van der Waals surface area (Å²) in [5, 5.41) is 3.92. The highest BCUT2D eigenvalue weighted by Crippen LogP contribution is 2.26. The molecule has 0 saturated heterocycles. The van der Waals surface area contributed by atoms with E-state index in [0.717, 1.165) is 22.3 Å². The van der Waals surface area contributed by atoms with Crippen LogP contribution in [0.15, 0.2) is 42.9 Å². The van der Waals surface area contributed by atoms with Gasteiger partial charge in [-0.3, -0.25) is 9.78 Å². The van der Waals surface area contributed by atoms with Gasteiger partial charge in [-0.15, -0.1) is 0 Å². The molecule has 0 bridgehead atoms. The van der Waals surface area contributed by atoms with E-state index in [-0.39, 0.29) is 11.9 Å². The van der Waals surface area contributed by atoms with Gasteiger partial charge in [0.05, 0.1) is 5.69 Å². The topological polar surface area (TPSA) is 59.8 Å². The molecule has 0 radical (unpaired) electrons. The molecule has 112 valence electrons. The van der Waals surface area contributed by atoms with E-state index in [4.69, 9.17) is 0 Å². The summed E-state index contributed by atoms with van der Waals surface area (Å²) >= 11 is 0. The van der Waals surface area contributed by atoms with Crippen LogP contribution in [0.25, 0.3) is 22.3 Å². The Morgan fingerprint density at radius 3 is 2.73 bits per heavy atom. The lowest BCUT2D eigenvalue weighted by Gasteiger charge is -2.09. The average molecular weight is 294 g/mol. The molecule has 3 aromatic rings. The van der Waals surface area contributed by atoms with Gasteiger partial charge >= 0.3 is 0 Å². The minimum Gasteiger partial charge on any atom is -0.350 e. The van der Waals surface area contributed by atoms with Crippen molar-refractivity contribution in [3.05, 3.63) is 48.4 Å². The lowest BCUT2D eigenvalue weighted by molar-refractivity contribution is 0.0943. The second-order valence-electron chi connectivity index (χ2n) is 5.58. The number of nitrogens with one attached hydrogen (secondary N) is 1. The van der Waals surface area contributed by atoms with Crippen LogP contribution in [0.4, 0.5) is 0 Å². The van der Waals surface area contributed by atoms with Gasteiger partial charge in [0.1, 0.15) is 5.65 Å². The molecule has 0 spiro atoms. The normalized spacial score (nSPS) is 11.1. The molecule has 0 aliphatic carbocycles. The van der Waals surface area contributed by atoms with Crippen LogP contribution in [0.1, 0.15) is 24.2 Å². The lowest BCUT2D eigenvalue weighted by Crippen LogP contribution is -2.30. The molecule has 0 saturated carbocycles. The van der Waals surface area contributed by atoms with Gasteiger partial charge in [0.15, 0.2) is 0 Å². The molecule has 0 aliphatic rings. The summed E-state index contributed by atoms with van der Waals surface area (Å²) in [5.74, 6) is -0.0861. The van der Waals surface area contributed by atoms with Crippen molar-refractivity contribution in [2.75, 3.05) is 0 Å². The maximum absolute atomic E-state index is 12.2. The fourth-order valence-corrected chi connectivity index (χ4v) is 2.45. The number of aromatic nitrogens is 3. The number of hydrogen-bond donors (Lipinski definition) is 1. The Kier molecular flexibility index (Phi) is 3.63. The first-order valence-corrected chi connectivity index (χ1v) is 7.23. The summed E-state index contributed by atoms with van der Waals surface area (Å²) in [6.45, 7) is 3.88. The zero-order valence-corrected chi connectivity index (χ0v) is 12.9. The summed E-state index contributed by atoms with van der Waals surface area (Å²) in [6, 6.07) is 7.59. The van der Waals surface area contributed by atoms with Crippen LogP contribution in [-0.4, -0.2) is 26.5 Å². The number of carbonyl (C=O) groups is 1. The molecule has 0 unspecified atom stereocenters. The molecule has 22 heavy (non-hydrogen) atoms. The molecule has 0 aromatic carbocycles. The third kappa shape index (κ3) is 2.57. The first kappa shape index (κ1) is 14.3. The first-order valence-electron chi connectivity index (χ1n) is 7.23. The van der Waals surface area contributed by atoms with E-state index in [0.29, 0.717) is 5.56 Å². The van der Waals surface area contributed by atoms with Crippen molar-refractivity contribution in [2.45, 2.75) is 19.9 Å². The van der Waals surface area contributed by atoms with E-state index < -0.39 is 0 Å². The van der Waals surface area contributed by atoms with Crippen molar-refractivity contribution < 1.29 is 4.79 Å². The molecule has 0 aliphatic heterocycles. The van der Waals surface area contributed by atoms with Crippen molar-refractivity contribution in [1.29, 1.82) is 0 Å². The van der Waals surface area contributed by atoms with E-state index in [9.17, 15) is 4.79 Å². The van der Waals surface area contributed by atoms with E-state index in [1.165, 1.54) is 0 Å². The van der Waals surface area contributed by atoms with E-state index >= 15 is 0 Å². The van der Waals surface area contributed by atoms with Crippen LogP contribution in [0.2, 0.25) is 0 Å². The predicted molar refractivity (Wildman–Crippen MR) is 86.5 cm³/mol. The Morgan fingerprint density at radius 1 is 1.18 bits per heavy atom. The highest BCUT2D eigenvalue weighted by atomic mass is 16.1. The minimum absolute atomic E-state index is 0.0861. The van der Waals surface area contributed by atoms with Gasteiger partial charge in [-0.1, -0.05) is 0 Å². The molecule has 0 fully saturated rings. The molecule has 3 rings (SSSR count). The third-order valence-electron chi connectivity index (χ3n) is 3.49. The number of hydrogen-bond acceptors (Lipinski definition) is 3. The van der Waals surface area contributed by atoms with E-state index in [1.807, 2.05) is 49.9 Å². The summed E-state index contributed by atoms with van der Waals surface area (Å²) in [5.41, 5.74) is 3.26. The van der Waals surface area contributed by atoms with Crippen LogP contribution >= 0.6 is 0 Å². The zero-order chi connectivity index (χ0) is 15.7. The molecule has 0 atom stereocenters. The van der Waals surface area contributed by atoms with Gasteiger partial charge in [0.2, 0.25) is 0 Å². The van der Waals surface area contributed by atoms with Gasteiger partial charge in [-0.25, -0.2) is 4.98 Å². The quantitative estimate of drug-likeness (QED) is 0.808. The molecule has 5 heteroatoms. The molecule has 1 N–H and O–H groups in total. The summed E-state index contributed by atoms with van der Waals surface area (Å²) < 4.78 is 1.97. The van der Waals surface area contributed by atoms with Gasteiger partial charge < -0.3 is 9.88 Å². The van der Waals surface area contributed by atoms with Crippen LogP contribution in [-0.2, 0) is 7.05 Å². The van der Waals surface area contributed by atoms with Gasteiger partial charge in [0, 0.05) is 48.2 Å². The number of nitrogens with zero attached hydrogens (tertiary/aromatic N) is 3. The van der Waals surface area contributed by atoms with Crippen LogP contribution < -0.4 is 5.32 Å². The lowest BCUT2D eigenvalue weighted by atomic mass is 10.1. The van der Waals surface area contributed by atoms with Crippen LogP contribution in [0.5, 0.6) is 0 Å². The van der Waals surface area contributed by atoms with Crippen LogP contribution in [0.3, 0.4) is 0 Å². The Labute approximate surface area is 129 Å². The maximum Gasteiger partial charge on any atom is 0.251 e. The number of amides is 1. The predicted octanol–water partition coefficient (Wildman–Crippen LogP) is 2.77. The molecular weight excluding hydrogens is 276 g/mol. The Bertz CT molecular complexity index is 836. The zero-order valence-electron chi connectivity index (χ0n) is 12.9. The van der Waals surface area contributed by atoms with Crippen molar-refractivity contribution in [1.82, 2.24) is 19.9 Å². The largest absolute Gasteiger partial charge is 0.350 e. The van der Waals surface area contributed by atoms with Crippen molar-refractivity contribution in [3.8, 4) is 11.3 Å². The number of carbonyl (C=O) groups excluding carboxylic acids is 1. The van der Waals surface area contributed by atoms with Crippen LogP contribution in [0, 0.1) is 0 Å². The number of rotatable bonds is 3.